The van der Waals surface area contributed by atoms with Crippen molar-refractivity contribution in [3.05, 3.63) is 61.5 Å². The minimum atomic E-state index is 0.207. The first-order chi connectivity index (χ1) is 11.0. The predicted molar refractivity (Wildman–Crippen MR) is 99.8 cm³/mol. The SMILES string of the molecule is CC1c2cccc(Br)c2CCN1c1ccc(Cl)c(CC=O)c1Cl. The molecule has 0 N–H and O–H groups in total. The van der Waals surface area contributed by atoms with Gasteiger partial charge >= 0.3 is 0 Å². The van der Waals surface area contributed by atoms with Gasteiger partial charge in [0.15, 0.2) is 0 Å². The Morgan fingerprint density at radius 1 is 1.30 bits per heavy atom. The van der Waals surface area contributed by atoms with E-state index >= 15 is 0 Å². The molecule has 0 fully saturated rings. The molecule has 0 aromatic heterocycles. The fraction of sp³-hybridized carbons (Fsp3) is 0.278. The standard InChI is InChI=1S/C18H16BrCl2NO/c1-11-12-3-2-4-15(19)13(12)7-9-22(11)17-6-5-16(20)14(8-10-23)18(17)21/h2-6,10-11H,7-9H2,1H3. The van der Waals surface area contributed by atoms with Gasteiger partial charge in [-0.1, -0.05) is 51.3 Å². The van der Waals surface area contributed by atoms with Crippen LogP contribution in [-0.2, 0) is 17.6 Å². The molecule has 0 spiro atoms. The Bertz CT molecular complexity index is 763. The number of nitrogens with zero attached hydrogens (tertiary/aromatic N) is 1. The van der Waals surface area contributed by atoms with Crippen LogP contribution < -0.4 is 4.90 Å². The summed E-state index contributed by atoms with van der Waals surface area (Å²) in [5, 5.41) is 1.12. The maximum atomic E-state index is 10.9. The van der Waals surface area contributed by atoms with E-state index in [2.05, 4.69) is 46.0 Å². The summed E-state index contributed by atoms with van der Waals surface area (Å²) >= 11 is 16.4. The van der Waals surface area contributed by atoms with Crippen molar-refractivity contribution in [2.45, 2.75) is 25.8 Å². The number of hydrogen-bond donors (Lipinski definition) is 0. The normalized spacial score (nSPS) is 17.0. The molecule has 1 aliphatic heterocycles. The van der Waals surface area contributed by atoms with E-state index in [0.29, 0.717) is 15.6 Å². The van der Waals surface area contributed by atoms with E-state index in [-0.39, 0.29) is 12.5 Å². The molecule has 0 amide bonds. The van der Waals surface area contributed by atoms with Crippen LogP contribution in [0.15, 0.2) is 34.8 Å². The third kappa shape index (κ3) is 3.02. The maximum absolute atomic E-state index is 10.9. The molecule has 0 bridgehead atoms. The van der Waals surface area contributed by atoms with Gasteiger partial charge in [-0.05, 0) is 48.2 Å². The lowest BCUT2D eigenvalue weighted by molar-refractivity contribution is -0.107. The fourth-order valence-electron chi connectivity index (χ4n) is 3.23. The summed E-state index contributed by atoms with van der Waals surface area (Å²) in [7, 11) is 0. The van der Waals surface area contributed by atoms with Crippen LogP contribution in [0.5, 0.6) is 0 Å². The first kappa shape index (κ1) is 16.8. The van der Waals surface area contributed by atoms with Crippen LogP contribution in [0.25, 0.3) is 0 Å². The maximum Gasteiger partial charge on any atom is 0.124 e. The first-order valence-corrected chi connectivity index (χ1v) is 9.04. The number of carbonyl (C=O) groups excluding carboxylic acids is 1. The number of benzene rings is 2. The third-order valence-corrected chi connectivity index (χ3v) is 5.96. The molecule has 1 aliphatic rings. The van der Waals surface area contributed by atoms with Crippen LogP contribution in [-0.4, -0.2) is 12.8 Å². The lowest BCUT2D eigenvalue weighted by atomic mass is 9.93. The Morgan fingerprint density at radius 2 is 2.09 bits per heavy atom. The Kier molecular flexibility index (Phi) is 5.00. The van der Waals surface area contributed by atoms with E-state index in [9.17, 15) is 4.79 Å². The number of halogens is 3. The third-order valence-electron chi connectivity index (χ3n) is 4.44. The van der Waals surface area contributed by atoms with Gasteiger partial charge in [0.1, 0.15) is 6.29 Å². The average molecular weight is 413 g/mol. The molecule has 2 aromatic rings. The van der Waals surface area contributed by atoms with Crippen molar-refractivity contribution in [2.75, 3.05) is 11.4 Å². The number of rotatable bonds is 3. The van der Waals surface area contributed by atoms with Crippen molar-refractivity contribution < 1.29 is 4.79 Å². The van der Waals surface area contributed by atoms with E-state index in [1.807, 2.05) is 12.1 Å². The average Bonchev–Trinajstić information content (AvgIpc) is 2.53. The van der Waals surface area contributed by atoms with Gasteiger partial charge in [-0.15, -0.1) is 0 Å². The van der Waals surface area contributed by atoms with Crippen molar-refractivity contribution in [1.82, 2.24) is 0 Å². The monoisotopic (exact) mass is 411 g/mol. The molecule has 120 valence electrons. The van der Waals surface area contributed by atoms with E-state index in [1.54, 1.807) is 0 Å². The quantitative estimate of drug-likeness (QED) is 0.609. The molecule has 0 saturated heterocycles. The van der Waals surface area contributed by atoms with Gasteiger partial charge in [0.25, 0.3) is 0 Å². The van der Waals surface area contributed by atoms with Crippen molar-refractivity contribution in [1.29, 1.82) is 0 Å². The number of fused-ring (bicyclic) bond motifs is 1. The van der Waals surface area contributed by atoms with Crippen LogP contribution in [0.1, 0.15) is 29.7 Å². The second-order valence-corrected chi connectivity index (χ2v) is 7.30. The summed E-state index contributed by atoms with van der Waals surface area (Å²) in [6.07, 6.45) is 2.02. The number of hydrogen-bond acceptors (Lipinski definition) is 2. The Morgan fingerprint density at radius 3 is 2.83 bits per heavy atom. The van der Waals surface area contributed by atoms with Gasteiger partial charge in [-0.2, -0.15) is 0 Å². The lowest BCUT2D eigenvalue weighted by Crippen LogP contribution is -2.34. The highest BCUT2D eigenvalue weighted by Gasteiger charge is 2.27. The Balaban J connectivity index is 2.04. The molecular weight excluding hydrogens is 397 g/mol. The van der Waals surface area contributed by atoms with E-state index in [4.69, 9.17) is 23.2 Å². The van der Waals surface area contributed by atoms with E-state index < -0.39 is 0 Å². The number of anilines is 1. The highest BCUT2D eigenvalue weighted by Crippen LogP contribution is 2.41. The summed E-state index contributed by atoms with van der Waals surface area (Å²) in [5.41, 5.74) is 4.29. The van der Waals surface area contributed by atoms with Crippen LogP contribution in [0, 0.1) is 0 Å². The van der Waals surface area contributed by atoms with Crippen molar-refractivity contribution >= 4 is 51.1 Å². The van der Waals surface area contributed by atoms with Gasteiger partial charge in [-0.3, -0.25) is 0 Å². The molecule has 2 nitrogen and oxygen atoms in total. The molecule has 1 atom stereocenters. The molecule has 2 aromatic carbocycles. The zero-order valence-corrected chi connectivity index (χ0v) is 15.7. The number of carbonyl (C=O) groups is 1. The summed E-state index contributed by atoms with van der Waals surface area (Å²) < 4.78 is 1.16. The molecule has 3 rings (SSSR count). The van der Waals surface area contributed by atoms with Crippen molar-refractivity contribution in [2.24, 2.45) is 0 Å². The smallest absolute Gasteiger partial charge is 0.124 e. The van der Waals surface area contributed by atoms with Crippen LogP contribution in [0.4, 0.5) is 5.69 Å². The number of aldehydes is 1. The zero-order valence-electron chi connectivity index (χ0n) is 12.7. The van der Waals surface area contributed by atoms with Crippen molar-refractivity contribution in [3.63, 3.8) is 0 Å². The summed E-state index contributed by atoms with van der Waals surface area (Å²) in [6.45, 7) is 3.05. The van der Waals surface area contributed by atoms with Gasteiger partial charge in [0.2, 0.25) is 0 Å². The molecule has 1 unspecified atom stereocenters. The minimum absolute atomic E-state index is 0.207. The molecule has 23 heavy (non-hydrogen) atoms. The van der Waals surface area contributed by atoms with Crippen LogP contribution in [0.3, 0.4) is 0 Å². The lowest BCUT2D eigenvalue weighted by Gasteiger charge is -2.38. The van der Waals surface area contributed by atoms with E-state index in [0.717, 1.165) is 29.4 Å². The molecule has 5 heteroatoms. The Hall–Kier alpha value is -1.03. The zero-order chi connectivity index (χ0) is 16.6. The van der Waals surface area contributed by atoms with Gasteiger partial charge in [0.05, 0.1) is 16.8 Å². The molecular formula is C18H16BrCl2NO. The predicted octanol–water partition coefficient (Wildman–Crippen LogP) is 5.62. The second-order valence-electron chi connectivity index (χ2n) is 5.66. The highest BCUT2D eigenvalue weighted by atomic mass is 79.9. The second kappa shape index (κ2) is 6.84. The molecule has 0 radical (unpaired) electrons. The van der Waals surface area contributed by atoms with Gasteiger partial charge < -0.3 is 9.69 Å². The van der Waals surface area contributed by atoms with Crippen LogP contribution in [0.2, 0.25) is 10.0 Å². The minimum Gasteiger partial charge on any atom is -0.363 e. The van der Waals surface area contributed by atoms with E-state index in [1.165, 1.54) is 11.1 Å². The van der Waals surface area contributed by atoms with Gasteiger partial charge in [-0.25, -0.2) is 0 Å². The summed E-state index contributed by atoms with van der Waals surface area (Å²) in [5.74, 6) is 0. The van der Waals surface area contributed by atoms with Gasteiger partial charge in [0, 0.05) is 22.5 Å². The largest absolute Gasteiger partial charge is 0.363 e. The van der Waals surface area contributed by atoms with Crippen LogP contribution >= 0.6 is 39.1 Å². The summed E-state index contributed by atoms with van der Waals surface area (Å²) in [6, 6.07) is 10.3. The molecule has 1 heterocycles. The topological polar surface area (TPSA) is 20.3 Å². The van der Waals surface area contributed by atoms with Crippen molar-refractivity contribution in [3.8, 4) is 0 Å². The first-order valence-electron chi connectivity index (χ1n) is 7.49. The summed E-state index contributed by atoms with van der Waals surface area (Å²) in [4.78, 5) is 13.2. The Labute approximate surface area is 154 Å². The molecule has 0 saturated carbocycles. The highest BCUT2D eigenvalue weighted by molar-refractivity contribution is 9.10. The fourth-order valence-corrected chi connectivity index (χ4v) is 4.44. The molecule has 0 aliphatic carbocycles.